The second kappa shape index (κ2) is 9.10. The molecule has 0 aliphatic heterocycles. The highest BCUT2D eigenvalue weighted by molar-refractivity contribution is 5.90. The van der Waals surface area contributed by atoms with Crippen molar-refractivity contribution < 1.29 is 23.8 Å². The summed E-state index contributed by atoms with van der Waals surface area (Å²) in [5.74, 6) is 0.758. The minimum absolute atomic E-state index is 0.0871. The molecule has 0 radical (unpaired) electrons. The third-order valence-corrected chi connectivity index (χ3v) is 4.33. The van der Waals surface area contributed by atoms with Crippen LogP contribution in [-0.2, 0) is 16.1 Å². The largest absolute Gasteiger partial charge is 0.487 e. The van der Waals surface area contributed by atoms with E-state index in [1.807, 2.05) is 50.2 Å². The average molecular weight is 393 g/mol. The summed E-state index contributed by atoms with van der Waals surface area (Å²) in [6, 6.07) is 15.1. The Morgan fingerprint density at radius 3 is 2.59 bits per heavy atom. The maximum atomic E-state index is 11.2. The fraction of sp³-hybridized carbons (Fsp3) is 0.217. The molecule has 6 nitrogen and oxygen atoms in total. The molecule has 3 rings (SSSR count). The lowest BCUT2D eigenvalue weighted by Crippen LogP contribution is -2.05. The van der Waals surface area contributed by atoms with Gasteiger partial charge in [0.15, 0.2) is 0 Å². The van der Waals surface area contributed by atoms with E-state index in [0.717, 1.165) is 22.4 Å². The molecule has 0 unspecified atom stereocenters. The number of rotatable bonds is 8. The van der Waals surface area contributed by atoms with Gasteiger partial charge in [-0.15, -0.1) is 0 Å². The van der Waals surface area contributed by atoms with E-state index in [4.69, 9.17) is 13.9 Å². The number of aromatic nitrogens is 1. The van der Waals surface area contributed by atoms with E-state index in [0.29, 0.717) is 24.0 Å². The van der Waals surface area contributed by atoms with Crippen LogP contribution in [0.15, 0.2) is 58.7 Å². The van der Waals surface area contributed by atoms with E-state index in [-0.39, 0.29) is 12.4 Å². The molecule has 0 spiro atoms. The summed E-state index contributed by atoms with van der Waals surface area (Å²) in [6.07, 6.45) is 1.51. The Morgan fingerprint density at radius 2 is 1.93 bits per heavy atom. The topological polar surface area (TPSA) is 81.8 Å². The molecular formula is C23H23NO5. The monoisotopic (exact) mass is 393 g/mol. The molecule has 0 aliphatic rings. The molecule has 1 N–H and O–H groups in total. The molecule has 150 valence electrons. The normalized spacial score (nSPS) is 11.3. The lowest BCUT2D eigenvalue weighted by molar-refractivity contribution is -0.136. The van der Waals surface area contributed by atoms with Gasteiger partial charge in [0, 0.05) is 5.56 Å². The van der Waals surface area contributed by atoms with Gasteiger partial charge in [0.05, 0.1) is 6.61 Å². The van der Waals surface area contributed by atoms with Gasteiger partial charge in [0.1, 0.15) is 23.8 Å². The van der Waals surface area contributed by atoms with E-state index < -0.39 is 5.97 Å². The second-order valence-corrected chi connectivity index (χ2v) is 6.44. The maximum Gasteiger partial charge on any atom is 0.371 e. The van der Waals surface area contributed by atoms with Crippen LogP contribution in [0, 0.1) is 13.8 Å². The van der Waals surface area contributed by atoms with E-state index in [1.165, 1.54) is 6.08 Å². The summed E-state index contributed by atoms with van der Waals surface area (Å²) >= 11 is 0. The van der Waals surface area contributed by atoms with Gasteiger partial charge >= 0.3 is 5.97 Å². The zero-order chi connectivity index (χ0) is 20.8. The Bertz CT molecular complexity index is 1020. The number of hydrogen-bond donors (Lipinski definition) is 1. The first-order valence-corrected chi connectivity index (χ1v) is 9.31. The molecule has 3 aromatic rings. The minimum Gasteiger partial charge on any atom is -0.487 e. The molecule has 2 aromatic carbocycles. The number of ether oxygens (including phenoxy) is 2. The average Bonchev–Trinajstić information content (AvgIpc) is 3.09. The number of aryl methyl sites for hydroxylation is 2. The highest BCUT2D eigenvalue weighted by atomic mass is 16.5. The lowest BCUT2D eigenvalue weighted by Gasteiger charge is -2.09. The Labute approximate surface area is 169 Å². The smallest absolute Gasteiger partial charge is 0.371 e. The second-order valence-electron chi connectivity index (χ2n) is 6.44. The standard InChI is InChI=1S/C23H23NO5/c1-4-27-21(23(25)26)13-18-10-11-19(12-15(18)2)28-14-20-16(3)29-22(24-20)17-8-6-5-7-9-17/h5-13H,4,14H2,1-3H3,(H,25,26)/b21-13+. The molecule has 0 atom stereocenters. The lowest BCUT2D eigenvalue weighted by atomic mass is 10.1. The number of carboxylic acid groups (broad SMARTS) is 1. The summed E-state index contributed by atoms with van der Waals surface area (Å²) in [5, 5.41) is 9.20. The van der Waals surface area contributed by atoms with Crippen molar-refractivity contribution in [3.05, 3.63) is 76.9 Å². The number of carboxylic acids is 1. The van der Waals surface area contributed by atoms with Gasteiger partial charge in [-0.2, -0.15) is 0 Å². The van der Waals surface area contributed by atoms with Crippen LogP contribution in [0.5, 0.6) is 5.75 Å². The van der Waals surface area contributed by atoms with Gasteiger partial charge in [-0.3, -0.25) is 0 Å². The summed E-state index contributed by atoms with van der Waals surface area (Å²) in [6.45, 7) is 6.06. The van der Waals surface area contributed by atoms with E-state index in [1.54, 1.807) is 19.1 Å². The summed E-state index contributed by atoms with van der Waals surface area (Å²) in [4.78, 5) is 15.8. The predicted octanol–water partition coefficient (Wildman–Crippen LogP) is 5.00. The number of carbonyl (C=O) groups is 1. The van der Waals surface area contributed by atoms with Crippen molar-refractivity contribution in [2.75, 3.05) is 6.61 Å². The zero-order valence-corrected chi connectivity index (χ0v) is 16.6. The SMILES string of the molecule is CCO/C(=C/c1ccc(OCc2nc(-c3ccccc3)oc2C)cc1C)C(=O)O. The van der Waals surface area contributed by atoms with Gasteiger partial charge in [0.25, 0.3) is 0 Å². The van der Waals surface area contributed by atoms with Gasteiger partial charge in [-0.1, -0.05) is 24.3 Å². The maximum absolute atomic E-state index is 11.2. The molecule has 0 saturated carbocycles. The number of aliphatic carboxylic acids is 1. The predicted molar refractivity (Wildman–Crippen MR) is 109 cm³/mol. The molecule has 1 heterocycles. The van der Waals surface area contributed by atoms with E-state index >= 15 is 0 Å². The summed E-state index contributed by atoms with van der Waals surface area (Å²) in [7, 11) is 0. The minimum atomic E-state index is -1.10. The fourth-order valence-corrected chi connectivity index (χ4v) is 2.78. The van der Waals surface area contributed by atoms with E-state index in [2.05, 4.69) is 4.98 Å². The highest BCUT2D eigenvalue weighted by Gasteiger charge is 2.13. The summed E-state index contributed by atoms with van der Waals surface area (Å²) in [5.41, 5.74) is 3.28. The van der Waals surface area contributed by atoms with Crippen molar-refractivity contribution in [2.24, 2.45) is 0 Å². The third kappa shape index (κ3) is 5.04. The molecule has 0 amide bonds. The van der Waals surface area contributed by atoms with Crippen molar-refractivity contribution in [1.82, 2.24) is 4.98 Å². The van der Waals surface area contributed by atoms with Crippen LogP contribution in [-0.4, -0.2) is 22.7 Å². The van der Waals surface area contributed by atoms with Crippen molar-refractivity contribution in [3.8, 4) is 17.2 Å². The van der Waals surface area contributed by atoms with Crippen LogP contribution < -0.4 is 4.74 Å². The van der Waals surface area contributed by atoms with Crippen LogP contribution >= 0.6 is 0 Å². The fourth-order valence-electron chi connectivity index (χ4n) is 2.78. The first kappa shape index (κ1) is 20.2. The first-order valence-electron chi connectivity index (χ1n) is 9.31. The molecule has 29 heavy (non-hydrogen) atoms. The Morgan fingerprint density at radius 1 is 1.17 bits per heavy atom. The number of nitrogens with zero attached hydrogens (tertiary/aromatic N) is 1. The van der Waals surface area contributed by atoms with Crippen LogP contribution in [0.25, 0.3) is 17.5 Å². The molecular weight excluding hydrogens is 370 g/mol. The number of benzene rings is 2. The molecule has 0 bridgehead atoms. The van der Waals surface area contributed by atoms with Crippen LogP contribution in [0.3, 0.4) is 0 Å². The molecule has 6 heteroatoms. The molecule has 1 aromatic heterocycles. The third-order valence-electron chi connectivity index (χ3n) is 4.33. The van der Waals surface area contributed by atoms with Gasteiger partial charge in [-0.25, -0.2) is 9.78 Å². The van der Waals surface area contributed by atoms with Crippen LogP contribution in [0.4, 0.5) is 0 Å². The zero-order valence-electron chi connectivity index (χ0n) is 16.6. The van der Waals surface area contributed by atoms with Crippen LogP contribution in [0.2, 0.25) is 0 Å². The van der Waals surface area contributed by atoms with Gasteiger partial charge in [0.2, 0.25) is 11.6 Å². The molecule has 0 fully saturated rings. The Hall–Kier alpha value is -3.54. The van der Waals surface area contributed by atoms with Crippen molar-refractivity contribution in [1.29, 1.82) is 0 Å². The highest BCUT2D eigenvalue weighted by Crippen LogP contribution is 2.24. The first-order chi connectivity index (χ1) is 14.0. The Balaban J connectivity index is 1.72. The van der Waals surface area contributed by atoms with Crippen molar-refractivity contribution >= 4 is 12.0 Å². The Kier molecular flexibility index (Phi) is 6.34. The van der Waals surface area contributed by atoms with Crippen molar-refractivity contribution in [3.63, 3.8) is 0 Å². The molecule has 0 aliphatic carbocycles. The van der Waals surface area contributed by atoms with Crippen molar-refractivity contribution in [2.45, 2.75) is 27.4 Å². The summed E-state index contributed by atoms with van der Waals surface area (Å²) < 4.78 is 16.8. The van der Waals surface area contributed by atoms with E-state index in [9.17, 15) is 9.90 Å². The molecule has 0 saturated heterocycles. The van der Waals surface area contributed by atoms with Gasteiger partial charge < -0.3 is 19.0 Å². The number of hydrogen-bond acceptors (Lipinski definition) is 5. The van der Waals surface area contributed by atoms with Gasteiger partial charge in [-0.05, 0) is 62.2 Å². The quantitative estimate of drug-likeness (QED) is 0.428. The number of oxazole rings is 1. The van der Waals surface area contributed by atoms with Crippen LogP contribution in [0.1, 0.15) is 29.5 Å².